The summed E-state index contributed by atoms with van der Waals surface area (Å²) in [6.07, 6.45) is 0. The van der Waals surface area contributed by atoms with Crippen LogP contribution in [0.3, 0.4) is 0 Å². The van der Waals surface area contributed by atoms with Gasteiger partial charge in [0.05, 0.1) is 16.9 Å². The van der Waals surface area contributed by atoms with Gasteiger partial charge >= 0.3 is 0 Å². The molecule has 0 saturated heterocycles. The Bertz CT molecular complexity index is 804. The monoisotopic (exact) mass is 340 g/mol. The molecule has 0 fully saturated rings. The molecule has 2 N–H and O–H groups in total. The van der Waals surface area contributed by atoms with Crippen molar-refractivity contribution in [2.24, 2.45) is 5.92 Å². The predicted molar refractivity (Wildman–Crippen MR) is 98.4 cm³/mol. The number of carbonyl (C=O) groups excluding carboxylic acids is 2. The maximum Gasteiger partial charge on any atom is 0.238 e. The van der Waals surface area contributed by atoms with Gasteiger partial charge in [0.2, 0.25) is 11.8 Å². The van der Waals surface area contributed by atoms with Crippen LogP contribution in [0.2, 0.25) is 0 Å². The first-order valence-corrected chi connectivity index (χ1v) is 8.78. The fourth-order valence-electron chi connectivity index (χ4n) is 2.73. The van der Waals surface area contributed by atoms with Gasteiger partial charge in [0, 0.05) is 10.6 Å². The highest BCUT2D eigenvalue weighted by Crippen LogP contribution is 2.38. The molecule has 2 atom stereocenters. The number of anilines is 2. The number of hydrogen-bond donors (Lipinski definition) is 2. The number of benzene rings is 2. The summed E-state index contributed by atoms with van der Waals surface area (Å²) < 4.78 is 0. The molecule has 1 aliphatic heterocycles. The first-order chi connectivity index (χ1) is 11.5. The van der Waals surface area contributed by atoms with Crippen molar-refractivity contribution in [2.75, 3.05) is 10.6 Å². The Morgan fingerprint density at radius 1 is 1.21 bits per heavy atom. The molecule has 24 heavy (non-hydrogen) atoms. The molecule has 5 heteroatoms. The summed E-state index contributed by atoms with van der Waals surface area (Å²) in [5, 5.41) is 5.40. The van der Waals surface area contributed by atoms with Crippen LogP contribution in [0.5, 0.6) is 0 Å². The van der Waals surface area contributed by atoms with Crippen molar-refractivity contribution in [3.8, 4) is 0 Å². The molecule has 2 amide bonds. The summed E-state index contributed by atoms with van der Waals surface area (Å²) in [7, 11) is 0. The summed E-state index contributed by atoms with van der Waals surface area (Å²) in [5.74, 6) is -0.708. The highest BCUT2D eigenvalue weighted by Gasteiger charge is 2.35. The van der Waals surface area contributed by atoms with Crippen LogP contribution in [-0.4, -0.2) is 17.1 Å². The number of para-hydroxylation sites is 1. The average Bonchev–Trinajstić information content (AvgIpc) is 2.56. The van der Waals surface area contributed by atoms with Gasteiger partial charge in [-0.1, -0.05) is 36.8 Å². The molecule has 2 aromatic rings. The van der Waals surface area contributed by atoms with Gasteiger partial charge in [0.25, 0.3) is 0 Å². The van der Waals surface area contributed by atoms with Crippen LogP contribution in [-0.2, 0) is 9.59 Å². The normalized spacial score (nSPS) is 17.6. The molecule has 0 saturated carbocycles. The molecule has 0 radical (unpaired) electrons. The van der Waals surface area contributed by atoms with E-state index in [1.165, 1.54) is 11.8 Å². The van der Waals surface area contributed by atoms with E-state index in [4.69, 9.17) is 0 Å². The van der Waals surface area contributed by atoms with E-state index in [0.29, 0.717) is 0 Å². The molecule has 0 spiro atoms. The van der Waals surface area contributed by atoms with E-state index in [0.717, 1.165) is 27.4 Å². The highest BCUT2D eigenvalue weighted by atomic mass is 32.2. The summed E-state index contributed by atoms with van der Waals surface area (Å²) in [5.41, 5.74) is 3.77. The fraction of sp³-hybridized carbons (Fsp3) is 0.263. The average molecular weight is 340 g/mol. The van der Waals surface area contributed by atoms with Gasteiger partial charge in [-0.2, -0.15) is 0 Å². The Morgan fingerprint density at radius 2 is 1.96 bits per heavy atom. The Balaban J connectivity index is 1.75. The highest BCUT2D eigenvalue weighted by molar-refractivity contribution is 8.01. The summed E-state index contributed by atoms with van der Waals surface area (Å²) >= 11 is 1.45. The lowest BCUT2D eigenvalue weighted by atomic mass is 10.0. The number of carbonyl (C=O) groups is 2. The van der Waals surface area contributed by atoms with Crippen molar-refractivity contribution < 1.29 is 9.59 Å². The number of rotatable bonds is 3. The standard InChI is InChI=1S/C19H20N2O2S/c1-11-8-9-14(12(2)10-11)20-18(22)13(3)17-19(23)21-15-6-4-5-7-16(15)24-17/h4-10,13,17H,1-3H3,(H,20,22)(H,21,23)/t13-,17+/m1/s1. The van der Waals surface area contributed by atoms with Crippen molar-refractivity contribution in [2.45, 2.75) is 30.9 Å². The lowest BCUT2D eigenvalue weighted by Gasteiger charge is -2.27. The van der Waals surface area contributed by atoms with Crippen molar-refractivity contribution in [3.05, 3.63) is 53.6 Å². The van der Waals surface area contributed by atoms with Gasteiger partial charge < -0.3 is 10.6 Å². The molecule has 1 heterocycles. The van der Waals surface area contributed by atoms with E-state index < -0.39 is 11.2 Å². The first kappa shape index (κ1) is 16.6. The van der Waals surface area contributed by atoms with E-state index in [9.17, 15) is 9.59 Å². The van der Waals surface area contributed by atoms with E-state index in [1.54, 1.807) is 6.92 Å². The largest absolute Gasteiger partial charge is 0.326 e. The third-order valence-electron chi connectivity index (χ3n) is 4.16. The minimum atomic E-state index is -0.441. The van der Waals surface area contributed by atoms with Gasteiger partial charge in [-0.3, -0.25) is 9.59 Å². The second kappa shape index (κ2) is 6.69. The zero-order chi connectivity index (χ0) is 17.3. The van der Waals surface area contributed by atoms with Crippen LogP contribution in [0.4, 0.5) is 11.4 Å². The number of thioether (sulfide) groups is 1. The molecule has 0 aromatic heterocycles. The van der Waals surface area contributed by atoms with E-state index in [2.05, 4.69) is 10.6 Å². The van der Waals surface area contributed by atoms with Gasteiger partial charge in [0.15, 0.2) is 0 Å². The van der Waals surface area contributed by atoms with Crippen LogP contribution in [0.15, 0.2) is 47.4 Å². The van der Waals surface area contributed by atoms with Crippen LogP contribution in [0.1, 0.15) is 18.1 Å². The lowest BCUT2D eigenvalue weighted by molar-refractivity contribution is -0.123. The Kier molecular flexibility index (Phi) is 4.62. The van der Waals surface area contributed by atoms with Crippen molar-refractivity contribution in [1.29, 1.82) is 0 Å². The minimum Gasteiger partial charge on any atom is -0.326 e. The first-order valence-electron chi connectivity index (χ1n) is 7.90. The van der Waals surface area contributed by atoms with Crippen molar-refractivity contribution >= 4 is 35.0 Å². The predicted octanol–water partition coefficient (Wildman–Crippen LogP) is 3.99. The maximum atomic E-state index is 12.6. The van der Waals surface area contributed by atoms with E-state index in [1.807, 2.05) is 56.3 Å². The van der Waals surface area contributed by atoms with Crippen LogP contribution in [0.25, 0.3) is 0 Å². The third-order valence-corrected chi connectivity index (χ3v) is 5.65. The lowest BCUT2D eigenvalue weighted by Crippen LogP contribution is -2.39. The number of nitrogens with one attached hydrogen (secondary N) is 2. The summed E-state index contributed by atoms with van der Waals surface area (Å²) in [6, 6.07) is 13.5. The Morgan fingerprint density at radius 3 is 2.71 bits per heavy atom. The minimum absolute atomic E-state index is 0.123. The van der Waals surface area contributed by atoms with Gasteiger partial charge in [0.1, 0.15) is 0 Å². The zero-order valence-corrected chi connectivity index (χ0v) is 14.7. The van der Waals surface area contributed by atoms with Gasteiger partial charge in [-0.15, -0.1) is 11.8 Å². The second-order valence-electron chi connectivity index (χ2n) is 6.12. The molecule has 0 bridgehead atoms. The number of hydrogen-bond acceptors (Lipinski definition) is 3. The fourth-order valence-corrected chi connectivity index (χ4v) is 3.90. The molecule has 0 unspecified atom stereocenters. The molecule has 2 aromatic carbocycles. The summed E-state index contributed by atoms with van der Waals surface area (Å²) in [4.78, 5) is 26.0. The van der Waals surface area contributed by atoms with Crippen molar-refractivity contribution in [3.63, 3.8) is 0 Å². The molecule has 0 aliphatic carbocycles. The molecular weight excluding hydrogens is 320 g/mol. The maximum absolute atomic E-state index is 12.6. The summed E-state index contributed by atoms with van der Waals surface area (Å²) in [6.45, 7) is 5.78. The molecule has 3 rings (SSSR count). The Labute approximate surface area is 146 Å². The smallest absolute Gasteiger partial charge is 0.238 e. The SMILES string of the molecule is Cc1ccc(NC(=O)[C@H](C)[C@@H]2Sc3ccccc3NC2=O)c(C)c1. The number of amides is 2. The second-order valence-corrected chi connectivity index (χ2v) is 7.30. The zero-order valence-electron chi connectivity index (χ0n) is 13.9. The van der Waals surface area contributed by atoms with E-state index >= 15 is 0 Å². The van der Waals surface area contributed by atoms with Gasteiger partial charge in [-0.25, -0.2) is 0 Å². The third kappa shape index (κ3) is 3.31. The molecular formula is C19H20N2O2S. The van der Waals surface area contributed by atoms with Crippen LogP contribution < -0.4 is 10.6 Å². The molecule has 1 aliphatic rings. The number of fused-ring (bicyclic) bond motifs is 1. The van der Waals surface area contributed by atoms with Crippen molar-refractivity contribution in [1.82, 2.24) is 0 Å². The Hall–Kier alpha value is -2.27. The van der Waals surface area contributed by atoms with E-state index in [-0.39, 0.29) is 11.8 Å². The molecule has 124 valence electrons. The van der Waals surface area contributed by atoms with Gasteiger partial charge in [-0.05, 0) is 37.6 Å². The van der Waals surface area contributed by atoms with Crippen LogP contribution >= 0.6 is 11.8 Å². The quantitative estimate of drug-likeness (QED) is 0.888. The molecule has 4 nitrogen and oxygen atoms in total. The van der Waals surface area contributed by atoms with Crippen LogP contribution in [0, 0.1) is 19.8 Å². The topological polar surface area (TPSA) is 58.2 Å². The number of aryl methyl sites for hydroxylation is 2.